The SMILES string of the molecule is Nc1ccc(OCc2cc(Cl)ccc2Cl)c(Cl)c1. The van der Waals surface area contributed by atoms with Crippen molar-refractivity contribution in [2.45, 2.75) is 6.61 Å². The molecular weight excluding hydrogens is 293 g/mol. The number of anilines is 1. The van der Waals surface area contributed by atoms with E-state index in [4.69, 9.17) is 45.3 Å². The molecule has 0 saturated carbocycles. The fraction of sp³-hybridized carbons (Fsp3) is 0.0769. The van der Waals surface area contributed by atoms with Gasteiger partial charge in [-0.15, -0.1) is 0 Å². The zero-order valence-corrected chi connectivity index (χ0v) is 11.6. The number of rotatable bonds is 3. The molecule has 5 heteroatoms. The second kappa shape index (κ2) is 5.70. The number of nitrogens with two attached hydrogens (primary N) is 1. The molecule has 0 aliphatic carbocycles. The average molecular weight is 303 g/mol. The molecule has 0 bridgehead atoms. The van der Waals surface area contributed by atoms with Crippen LogP contribution in [0.1, 0.15) is 5.56 Å². The quantitative estimate of drug-likeness (QED) is 0.826. The lowest BCUT2D eigenvalue weighted by molar-refractivity contribution is 0.306. The first kappa shape index (κ1) is 13.3. The monoisotopic (exact) mass is 301 g/mol. The summed E-state index contributed by atoms with van der Waals surface area (Å²) in [5.41, 5.74) is 6.99. The van der Waals surface area contributed by atoms with Crippen molar-refractivity contribution in [1.29, 1.82) is 0 Å². The third-order valence-electron chi connectivity index (χ3n) is 2.35. The molecule has 2 aromatic rings. The Bertz CT molecular complexity index is 572. The fourth-order valence-electron chi connectivity index (χ4n) is 1.44. The van der Waals surface area contributed by atoms with Crippen LogP contribution in [-0.2, 0) is 6.61 Å². The van der Waals surface area contributed by atoms with Crippen molar-refractivity contribution in [1.82, 2.24) is 0 Å². The molecule has 2 rings (SSSR count). The molecule has 2 nitrogen and oxygen atoms in total. The van der Waals surface area contributed by atoms with Crippen LogP contribution in [-0.4, -0.2) is 0 Å². The van der Waals surface area contributed by atoms with Crippen molar-refractivity contribution in [3.05, 3.63) is 57.0 Å². The summed E-state index contributed by atoms with van der Waals surface area (Å²) in [5.74, 6) is 0.557. The summed E-state index contributed by atoms with van der Waals surface area (Å²) in [6, 6.07) is 10.3. The summed E-state index contributed by atoms with van der Waals surface area (Å²) in [4.78, 5) is 0. The van der Waals surface area contributed by atoms with E-state index in [1.165, 1.54) is 0 Å². The van der Waals surface area contributed by atoms with Crippen LogP contribution >= 0.6 is 34.8 Å². The number of benzene rings is 2. The highest BCUT2D eigenvalue weighted by atomic mass is 35.5. The minimum Gasteiger partial charge on any atom is -0.487 e. The summed E-state index contributed by atoms with van der Waals surface area (Å²) in [7, 11) is 0. The van der Waals surface area contributed by atoms with Gasteiger partial charge in [0.1, 0.15) is 12.4 Å². The second-order valence-electron chi connectivity index (χ2n) is 3.71. The van der Waals surface area contributed by atoms with Crippen LogP contribution in [0.3, 0.4) is 0 Å². The van der Waals surface area contributed by atoms with Crippen LogP contribution in [0.5, 0.6) is 5.75 Å². The zero-order valence-electron chi connectivity index (χ0n) is 9.29. The molecule has 0 radical (unpaired) electrons. The van der Waals surface area contributed by atoms with Crippen LogP contribution < -0.4 is 10.5 Å². The number of nitrogen functional groups attached to an aromatic ring is 1. The van der Waals surface area contributed by atoms with E-state index in [1.54, 1.807) is 36.4 Å². The molecule has 0 aromatic heterocycles. The van der Waals surface area contributed by atoms with Gasteiger partial charge >= 0.3 is 0 Å². The summed E-state index contributed by atoms with van der Waals surface area (Å²) in [6.07, 6.45) is 0. The van der Waals surface area contributed by atoms with Gasteiger partial charge in [0.2, 0.25) is 0 Å². The van der Waals surface area contributed by atoms with E-state index in [-0.39, 0.29) is 0 Å². The third kappa shape index (κ3) is 3.22. The largest absolute Gasteiger partial charge is 0.487 e. The van der Waals surface area contributed by atoms with E-state index < -0.39 is 0 Å². The second-order valence-corrected chi connectivity index (χ2v) is 4.97. The minimum atomic E-state index is 0.295. The molecule has 0 spiro atoms. The van der Waals surface area contributed by atoms with Crippen molar-refractivity contribution in [2.75, 3.05) is 5.73 Å². The molecule has 94 valence electrons. The molecule has 0 amide bonds. The maximum atomic E-state index is 6.04. The maximum Gasteiger partial charge on any atom is 0.138 e. The van der Waals surface area contributed by atoms with Crippen molar-refractivity contribution < 1.29 is 4.74 Å². The standard InChI is InChI=1S/C13H10Cl3NO/c14-9-1-3-11(15)8(5-9)7-18-13-4-2-10(17)6-12(13)16/h1-6H,7,17H2. The Hall–Kier alpha value is -1.09. The Morgan fingerprint density at radius 3 is 2.44 bits per heavy atom. The Balaban J connectivity index is 2.13. The highest BCUT2D eigenvalue weighted by Gasteiger charge is 2.05. The summed E-state index contributed by atoms with van der Waals surface area (Å²) in [5, 5.41) is 1.68. The van der Waals surface area contributed by atoms with Crippen LogP contribution in [0.2, 0.25) is 15.1 Å². The third-order valence-corrected chi connectivity index (χ3v) is 3.25. The molecule has 0 atom stereocenters. The first-order valence-corrected chi connectivity index (χ1v) is 6.31. The predicted molar refractivity (Wildman–Crippen MR) is 76.7 cm³/mol. The highest BCUT2D eigenvalue weighted by molar-refractivity contribution is 6.33. The lowest BCUT2D eigenvalue weighted by Gasteiger charge is -2.10. The molecule has 2 N–H and O–H groups in total. The molecule has 0 aliphatic rings. The van der Waals surface area contributed by atoms with E-state index in [2.05, 4.69) is 0 Å². The number of hydrogen-bond donors (Lipinski definition) is 1. The minimum absolute atomic E-state index is 0.295. The van der Waals surface area contributed by atoms with Gasteiger partial charge in [-0.25, -0.2) is 0 Å². The number of halogens is 3. The van der Waals surface area contributed by atoms with Gasteiger partial charge in [0, 0.05) is 21.3 Å². The molecular formula is C13H10Cl3NO. The first-order valence-electron chi connectivity index (χ1n) is 5.18. The zero-order chi connectivity index (χ0) is 13.1. The van der Waals surface area contributed by atoms with Crippen molar-refractivity contribution >= 4 is 40.5 Å². The number of ether oxygens (including phenoxy) is 1. The van der Waals surface area contributed by atoms with Crippen molar-refractivity contribution in [2.24, 2.45) is 0 Å². The smallest absolute Gasteiger partial charge is 0.138 e. The van der Waals surface area contributed by atoms with Crippen LogP contribution in [0, 0.1) is 0 Å². The summed E-state index contributed by atoms with van der Waals surface area (Å²) in [6.45, 7) is 0.295. The van der Waals surface area contributed by atoms with Gasteiger partial charge in [0.15, 0.2) is 0 Å². The molecule has 0 fully saturated rings. The van der Waals surface area contributed by atoms with E-state index in [0.29, 0.717) is 33.1 Å². The highest BCUT2D eigenvalue weighted by Crippen LogP contribution is 2.28. The Morgan fingerprint density at radius 2 is 1.72 bits per heavy atom. The first-order chi connectivity index (χ1) is 8.56. The van der Waals surface area contributed by atoms with E-state index in [1.807, 2.05) is 0 Å². The van der Waals surface area contributed by atoms with Crippen LogP contribution in [0.4, 0.5) is 5.69 Å². The van der Waals surface area contributed by atoms with Crippen molar-refractivity contribution in [3.8, 4) is 5.75 Å². The molecule has 0 aliphatic heterocycles. The molecule has 0 heterocycles. The molecule has 0 saturated heterocycles. The lowest BCUT2D eigenvalue weighted by Crippen LogP contribution is -1.97. The van der Waals surface area contributed by atoms with E-state index >= 15 is 0 Å². The maximum absolute atomic E-state index is 6.04. The van der Waals surface area contributed by atoms with E-state index in [0.717, 1.165) is 5.56 Å². The predicted octanol–water partition coefficient (Wildman–Crippen LogP) is 4.81. The van der Waals surface area contributed by atoms with Gasteiger partial charge in [-0.2, -0.15) is 0 Å². The fourth-order valence-corrected chi connectivity index (χ4v) is 2.05. The van der Waals surface area contributed by atoms with Gasteiger partial charge < -0.3 is 10.5 Å². The van der Waals surface area contributed by atoms with Gasteiger partial charge in [-0.1, -0.05) is 34.8 Å². The van der Waals surface area contributed by atoms with Gasteiger partial charge in [-0.05, 0) is 36.4 Å². The Morgan fingerprint density at radius 1 is 0.944 bits per heavy atom. The molecule has 18 heavy (non-hydrogen) atoms. The summed E-state index contributed by atoms with van der Waals surface area (Å²) < 4.78 is 5.58. The van der Waals surface area contributed by atoms with E-state index in [9.17, 15) is 0 Å². The van der Waals surface area contributed by atoms with Gasteiger partial charge in [0.25, 0.3) is 0 Å². The van der Waals surface area contributed by atoms with Crippen LogP contribution in [0.25, 0.3) is 0 Å². The van der Waals surface area contributed by atoms with Crippen molar-refractivity contribution in [3.63, 3.8) is 0 Å². The van der Waals surface area contributed by atoms with Gasteiger partial charge in [0.05, 0.1) is 5.02 Å². The Kier molecular flexibility index (Phi) is 4.23. The van der Waals surface area contributed by atoms with Gasteiger partial charge in [-0.3, -0.25) is 0 Å². The Labute approximate surface area is 120 Å². The lowest BCUT2D eigenvalue weighted by atomic mass is 10.2. The normalized spacial score (nSPS) is 10.4. The summed E-state index contributed by atoms with van der Waals surface area (Å²) >= 11 is 17.9. The molecule has 0 unspecified atom stereocenters. The number of hydrogen-bond acceptors (Lipinski definition) is 2. The topological polar surface area (TPSA) is 35.2 Å². The van der Waals surface area contributed by atoms with Crippen LogP contribution in [0.15, 0.2) is 36.4 Å². The average Bonchev–Trinajstić information content (AvgIpc) is 2.32. The molecule has 2 aromatic carbocycles.